The van der Waals surface area contributed by atoms with Crippen LogP contribution < -0.4 is 16.0 Å². The van der Waals surface area contributed by atoms with E-state index in [0.29, 0.717) is 30.4 Å². The summed E-state index contributed by atoms with van der Waals surface area (Å²) >= 11 is 0. The number of carbonyl (C=O) groups is 1. The van der Waals surface area contributed by atoms with Gasteiger partial charge in [-0.2, -0.15) is 10.2 Å². The van der Waals surface area contributed by atoms with E-state index < -0.39 is 17.6 Å². The molecular weight excluding hydrogens is 430 g/mol. The fourth-order valence-corrected chi connectivity index (χ4v) is 3.67. The lowest BCUT2D eigenvalue weighted by Crippen LogP contribution is -2.44. The van der Waals surface area contributed by atoms with Crippen LogP contribution in [-0.4, -0.2) is 63.7 Å². The first-order valence-electron chi connectivity index (χ1n) is 10.6. The van der Waals surface area contributed by atoms with E-state index in [1.54, 1.807) is 24.3 Å². The third-order valence-corrected chi connectivity index (χ3v) is 5.70. The van der Waals surface area contributed by atoms with Crippen molar-refractivity contribution in [2.75, 3.05) is 25.6 Å². The minimum absolute atomic E-state index is 0.0522. The van der Waals surface area contributed by atoms with Gasteiger partial charge in [0.1, 0.15) is 24.1 Å². The number of nitrogens with one attached hydrogen (secondary N) is 1. The largest absolute Gasteiger partial charge is 0.471 e. The second kappa shape index (κ2) is 9.68. The fraction of sp³-hybridized carbons (Fsp3) is 0.455. The Hall–Kier alpha value is -3.30. The van der Waals surface area contributed by atoms with Crippen molar-refractivity contribution in [3.05, 3.63) is 35.4 Å². The molecule has 11 heteroatoms. The number of aliphatic hydroxyl groups is 2. The van der Waals surface area contributed by atoms with Crippen LogP contribution in [0.4, 0.5) is 5.82 Å². The number of rotatable bonds is 8. The van der Waals surface area contributed by atoms with Gasteiger partial charge in [0.05, 0.1) is 36.6 Å². The van der Waals surface area contributed by atoms with Gasteiger partial charge in [0.25, 0.3) is 5.91 Å². The lowest BCUT2D eigenvalue weighted by atomic mass is 9.81. The van der Waals surface area contributed by atoms with Gasteiger partial charge in [-0.15, -0.1) is 0 Å². The van der Waals surface area contributed by atoms with Crippen LogP contribution in [0.25, 0.3) is 11.4 Å². The number of hydroxylamine groups is 1. The number of benzene rings is 1. The number of nitrogen functional groups attached to an aromatic ring is 1. The van der Waals surface area contributed by atoms with Gasteiger partial charge in [0.2, 0.25) is 5.88 Å². The van der Waals surface area contributed by atoms with Crippen LogP contribution in [0.1, 0.15) is 41.6 Å². The minimum Gasteiger partial charge on any atom is -0.471 e. The van der Waals surface area contributed by atoms with Crippen molar-refractivity contribution < 1.29 is 29.3 Å². The summed E-state index contributed by atoms with van der Waals surface area (Å²) in [5.41, 5.74) is 8.27. The quantitative estimate of drug-likeness (QED) is 0.415. The monoisotopic (exact) mass is 455 g/mol. The molecule has 1 saturated heterocycles. The topological polar surface area (TPSA) is 173 Å². The van der Waals surface area contributed by atoms with E-state index in [9.17, 15) is 20.3 Å². The van der Waals surface area contributed by atoms with Crippen LogP contribution in [0.5, 0.6) is 5.88 Å². The zero-order chi connectivity index (χ0) is 23.4. The van der Waals surface area contributed by atoms with Crippen LogP contribution in [-0.2, 0) is 9.57 Å². The minimum atomic E-state index is -0.940. The Labute approximate surface area is 190 Å². The smallest absolute Gasteiger partial charge is 0.284 e. The molecule has 1 aliphatic heterocycles. The SMILES string of the molecule is N#Cc1cccc(-c2nc(N)c(C(=O)NOCC3(O)CCC3)c(O[C@@H]3CO[C@H](CO)C3)n2)c1. The number of nitriles is 1. The summed E-state index contributed by atoms with van der Waals surface area (Å²) in [6.45, 7) is 0.00438. The summed E-state index contributed by atoms with van der Waals surface area (Å²) in [5.74, 6) is -0.757. The Balaban J connectivity index is 1.60. The molecule has 0 spiro atoms. The number of ether oxygens (including phenoxy) is 2. The zero-order valence-electron chi connectivity index (χ0n) is 17.9. The van der Waals surface area contributed by atoms with Crippen molar-refractivity contribution in [2.45, 2.75) is 43.5 Å². The Morgan fingerprint density at radius 1 is 1.39 bits per heavy atom. The predicted octanol–water partition coefficient (Wildman–Crippen LogP) is 0.702. The first-order chi connectivity index (χ1) is 15.9. The normalized spacial score (nSPS) is 21.1. The van der Waals surface area contributed by atoms with Crippen LogP contribution in [0.3, 0.4) is 0 Å². The molecule has 11 nitrogen and oxygen atoms in total. The Morgan fingerprint density at radius 2 is 2.21 bits per heavy atom. The molecule has 2 heterocycles. The molecule has 2 atom stereocenters. The predicted molar refractivity (Wildman–Crippen MR) is 115 cm³/mol. The van der Waals surface area contributed by atoms with Gasteiger partial charge in [0, 0.05) is 12.0 Å². The average Bonchev–Trinajstić information content (AvgIpc) is 3.25. The molecule has 4 rings (SSSR count). The highest BCUT2D eigenvalue weighted by Crippen LogP contribution is 2.32. The molecule has 2 aromatic rings. The number of carbonyl (C=O) groups excluding carboxylic acids is 1. The first-order valence-corrected chi connectivity index (χ1v) is 10.6. The summed E-state index contributed by atoms with van der Waals surface area (Å²) in [4.78, 5) is 26.7. The lowest BCUT2D eigenvalue weighted by molar-refractivity contribution is -0.113. The third kappa shape index (κ3) is 5.20. The average molecular weight is 455 g/mol. The second-order valence-electron chi connectivity index (χ2n) is 8.22. The molecule has 1 amide bonds. The van der Waals surface area contributed by atoms with Crippen molar-refractivity contribution in [3.8, 4) is 23.3 Å². The highest BCUT2D eigenvalue weighted by molar-refractivity contribution is 6.00. The van der Waals surface area contributed by atoms with Crippen molar-refractivity contribution in [2.24, 2.45) is 0 Å². The third-order valence-electron chi connectivity index (χ3n) is 5.70. The number of nitrogens with zero attached hydrogens (tertiary/aromatic N) is 3. The van der Waals surface area contributed by atoms with Crippen LogP contribution in [0.2, 0.25) is 0 Å². The van der Waals surface area contributed by atoms with E-state index in [1.807, 2.05) is 0 Å². The van der Waals surface area contributed by atoms with Gasteiger partial charge in [0.15, 0.2) is 5.82 Å². The van der Waals surface area contributed by atoms with Crippen molar-refractivity contribution in [3.63, 3.8) is 0 Å². The van der Waals surface area contributed by atoms with Crippen molar-refractivity contribution in [1.82, 2.24) is 15.4 Å². The second-order valence-corrected chi connectivity index (χ2v) is 8.22. The van der Waals surface area contributed by atoms with Crippen molar-refractivity contribution >= 4 is 11.7 Å². The number of amides is 1. The van der Waals surface area contributed by atoms with Crippen LogP contribution in [0.15, 0.2) is 24.3 Å². The number of aliphatic hydroxyl groups excluding tert-OH is 1. The molecule has 174 valence electrons. The van der Waals surface area contributed by atoms with Crippen molar-refractivity contribution in [1.29, 1.82) is 5.26 Å². The fourth-order valence-electron chi connectivity index (χ4n) is 3.67. The molecule has 1 saturated carbocycles. The molecule has 2 fully saturated rings. The maximum Gasteiger partial charge on any atom is 0.284 e. The lowest BCUT2D eigenvalue weighted by Gasteiger charge is -2.35. The molecule has 5 N–H and O–H groups in total. The van der Waals surface area contributed by atoms with Gasteiger partial charge in [-0.25, -0.2) is 10.5 Å². The first kappa shape index (κ1) is 22.9. The van der Waals surface area contributed by atoms with Gasteiger partial charge < -0.3 is 25.4 Å². The standard InChI is InChI=1S/C22H25N5O6/c23-9-13-3-1-4-14(7-13)19-25-18(24)17(20(29)27-32-12-22(30)5-2-6-22)21(26-19)33-16-8-15(10-28)31-11-16/h1,3-4,7,15-16,28,30H,2,5-6,8,10-12H2,(H,27,29)(H2,24,25,26)/t15-,16-/m0/s1. The Morgan fingerprint density at radius 3 is 2.88 bits per heavy atom. The molecular formula is C22H25N5O6. The maximum atomic E-state index is 12.8. The Bertz CT molecular complexity index is 1070. The number of nitrogens with two attached hydrogens (primary N) is 1. The molecule has 33 heavy (non-hydrogen) atoms. The van der Waals surface area contributed by atoms with E-state index >= 15 is 0 Å². The van der Waals surface area contributed by atoms with E-state index in [-0.39, 0.29) is 49.0 Å². The van der Waals surface area contributed by atoms with Gasteiger partial charge in [-0.05, 0) is 31.4 Å². The van der Waals surface area contributed by atoms with E-state index in [0.717, 1.165) is 6.42 Å². The molecule has 1 aromatic heterocycles. The Kier molecular flexibility index (Phi) is 6.71. The molecule has 1 aliphatic carbocycles. The van der Waals surface area contributed by atoms with Gasteiger partial charge >= 0.3 is 0 Å². The van der Waals surface area contributed by atoms with Gasteiger partial charge in [-0.3, -0.25) is 9.63 Å². The number of aromatic nitrogens is 2. The number of anilines is 1. The highest BCUT2D eigenvalue weighted by Gasteiger charge is 2.35. The zero-order valence-corrected chi connectivity index (χ0v) is 17.9. The summed E-state index contributed by atoms with van der Waals surface area (Å²) < 4.78 is 11.4. The van der Waals surface area contributed by atoms with E-state index in [4.69, 9.17) is 20.0 Å². The number of hydrogen-bond donors (Lipinski definition) is 4. The molecule has 1 aromatic carbocycles. The molecule has 2 aliphatic rings. The highest BCUT2D eigenvalue weighted by atomic mass is 16.7. The molecule has 0 radical (unpaired) electrons. The van der Waals surface area contributed by atoms with E-state index in [1.165, 1.54) is 0 Å². The summed E-state index contributed by atoms with van der Waals surface area (Å²) in [6.07, 6.45) is 1.69. The number of hydrogen-bond acceptors (Lipinski definition) is 10. The molecule has 0 unspecified atom stereocenters. The summed E-state index contributed by atoms with van der Waals surface area (Å²) in [6, 6.07) is 8.69. The molecule has 0 bridgehead atoms. The summed E-state index contributed by atoms with van der Waals surface area (Å²) in [5, 5.41) is 28.6. The van der Waals surface area contributed by atoms with Crippen LogP contribution >= 0.6 is 0 Å². The summed E-state index contributed by atoms with van der Waals surface area (Å²) in [7, 11) is 0. The van der Waals surface area contributed by atoms with Gasteiger partial charge in [-0.1, -0.05) is 12.1 Å². The maximum absolute atomic E-state index is 12.8. The van der Waals surface area contributed by atoms with Crippen LogP contribution in [0, 0.1) is 11.3 Å². The van der Waals surface area contributed by atoms with E-state index in [2.05, 4.69) is 21.5 Å².